The van der Waals surface area contributed by atoms with Crippen LogP contribution in [0, 0.1) is 0 Å². The van der Waals surface area contributed by atoms with Crippen molar-refractivity contribution in [2.75, 3.05) is 19.7 Å². The van der Waals surface area contributed by atoms with Gasteiger partial charge in [-0.25, -0.2) is 4.79 Å². The van der Waals surface area contributed by atoms with E-state index in [2.05, 4.69) is 10.6 Å². The van der Waals surface area contributed by atoms with Gasteiger partial charge in [-0.15, -0.1) is 0 Å². The van der Waals surface area contributed by atoms with Crippen molar-refractivity contribution in [2.45, 2.75) is 31.0 Å². The molecule has 2 unspecified atom stereocenters. The van der Waals surface area contributed by atoms with Crippen LogP contribution in [0.15, 0.2) is 0 Å². The van der Waals surface area contributed by atoms with Crippen LogP contribution in [-0.4, -0.2) is 81.3 Å². The van der Waals surface area contributed by atoms with E-state index in [9.17, 15) is 14.4 Å². The van der Waals surface area contributed by atoms with Gasteiger partial charge in [-0.05, 0) is 25.9 Å². The van der Waals surface area contributed by atoms with Gasteiger partial charge in [0.2, 0.25) is 0 Å². The Balaban J connectivity index is 4.11. The van der Waals surface area contributed by atoms with Crippen molar-refractivity contribution in [1.82, 2.24) is 10.6 Å². The van der Waals surface area contributed by atoms with Crippen LogP contribution in [0.3, 0.4) is 0 Å². The molecule has 3 atom stereocenters. The molecule has 0 bridgehead atoms. The van der Waals surface area contributed by atoms with Crippen molar-refractivity contribution in [3.05, 3.63) is 0 Å². The number of nitrogens with one attached hydrogen (secondary N) is 2. The van der Waals surface area contributed by atoms with E-state index in [0.29, 0.717) is 0 Å². The zero-order chi connectivity index (χ0) is 16.4. The smallest absolute Gasteiger partial charge is 0.332 e. The number of hydrogen-bond donors (Lipinski definition) is 7. The lowest BCUT2D eigenvalue weighted by Gasteiger charge is -2.17. The van der Waals surface area contributed by atoms with Gasteiger partial charge in [0.1, 0.15) is 12.1 Å². The molecular formula is C11H20N2O8. The lowest BCUT2D eigenvalue weighted by molar-refractivity contribution is -0.146. The van der Waals surface area contributed by atoms with Gasteiger partial charge >= 0.3 is 17.9 Å². The lowest BCUT2D eigenvalue weighted by atomic mass is 10.1. The van der Waals surface area contributed by atoms with Crippen molar-refractivity contribution in [1.29, 1.82) is 0 Å². The normalized spacial score (nSPS) is 15.1. The summed E-state index contributed by atoms with van der Waals surface area (Å²) in [6.45, 7) is -0.610. The average molecular weight is 308 g/mol. The van der Waals surface area contributed by atoms with Crippen molar-refractivity contribution < 1.29 is 39.9 Å². The Morgan fingerprint density at radius 2 is 1.29 bits per heavy atom. The Hall–Kier alpha value is -1.75. The molecule has 0 fully saturated rings. The monoisotopic (exact) mass is 308 g/mol. The van der Waals surface area contributed by atoms with Gasteiger partial charge in [0, 0.05) is 0 Å². The Morgan fingerprint density at radius 1 is 0.810 bits per heavy atom. The second kappa shape index (κ2) is 10.0. The number of rotatable bonds is 12. The molecule has 0 aromatic heterocycles. The van der Waals surface area contributed by atoms with Crippen LogP contribution in [0.25, 0.3) is 0 Å². The zero-order valence-electron chi connectivity index (χ0n) is 11.2. The standard InChI is InChI=1S/C11H20N2O8/c14-5-7(10(18)19)13-3-1-6(9(16)17)12-4-2-8(15)11(20)21/h6-8,12-15H,1-5H2,(H,16,17)(H,18,19)(H,20,21)/t6?,7?,8-/m0/s1. The van der Waals surface area contributed by atoms with E-state index in [4.69, 9.17) is 25.5 Å². The third kappa shape index (κ3) is 8.19. The molecule has 21 heavy (non-hydrogen) atoms. The maximum Gasteiger partial charge on any atom is 0.332 e. The van der Waals surface area contributed by atoms with Gasteiger partial charge in [0.15, 0.2) is 6.10 Å². The number of aliphatic hydroxyl groups excluding tert-OH is 2. The molecule has 0 aromatic rings. The zero-order valence-corrected chi connectivity index (χ0v) is 11.2. The quantitative estimate of drug-likeness (QED) is 0.200. The Labute approximate surface area is 120 Å². The Morgan fingerprint density at radius 3 is 1.71 bits per heavy atom. The molecule has 7 N–H and O–H groups in total. The fourth-order valence-electron chi connectivity index (χ4n) is 1.46. The summed E-state index contributed by atoms with van der Waals surface area (Å²) < 4.78 is 0. The van der Waals surface area contributed by atoms with Gasteiger partial charge < -0.3 is 36.2 Å². The van der Waals surface area contributed by atoms with Crippen molar-refractivity contribution >= 4 is 17.9 Å². The molecule has 10 heteroatoms. The van der Waals surface area contributed by atoms with Gasteiger partial charge in [0.25, 0.3) is 0 Å². The average Bonchev–Trinajstić information content (AvgIpc) is 2.40. The molecule has 122 valence electrons. The van der Waals surface area contributed by atoms with Crippen LogP contribution in [0.2, 0.25) is 0 Å². The second-order valence-electron chi connectivity index (χ2n) is 4.30. The van der Waals surface area contributed by atoms with Gasteiger partial charge in [0.05, 0.1) is 6.61 Å². The molecule has 0 radical (unpaired) electrons. The summed E-state index contributed by atoms with van der Waals surface area (Å²) in [6, 6.07) is -2.19. The van der Waals surface area contributed by atoms with Crippen LogP contribution in [0.1, 0.15) is 12.8 Å². The molecule has 0 spiro atoms. The minimum absolute atomic E-state index is 0.0210. The highest BCUT2D eigenvalue weighted by atomic mass is 16.4. The van der Waals surface area contributed by atoms with Crippen molar-refractivity contribution in [3.63, 3.8) is 0 Å². The summed E-state index contributed by atoms with van der Waals surface area (Å²) in [5.74, 6) is -3.82. The number of carboxylic acid groups (broad SMARTS) is 3. The first-order valence-corrected chi connectivity index (χ1v) is 6.23. The summed E-state index contributed by atoms with van der Waals surface area (Å²) in [4.78, 5) is 31.9. The molecule has 0 saturated heterocycles. The highest BCUT2D eigenvalue weighted by molar-refractivity contribution is 5.74. The minimum atomic E-state index is -1.57. The third-order valence-electron chi connectivity index (χ3n) is 2.70. The van der Waals surface area contributed by atoms with E-state index in [-0.39, 0.29) is 25.9 Å². The highest BCUT2D eigenvalue weighted by Gasteiger charge is 2.20. The third-order valence-corrected chi connectivity index (χ3v) is 2.70. The molecule has 0 saturated carbocycles. The van der Waals surface area contributed by atoms with Crippen LogP contribution in [0.4, 0.5) is 0 Å². The SMILES string of the molecule is O=C(O)C(CO)NCCC(NCC[C@H](O)C(=O)O)C(=O)O. The molecular weight excluding hydrogens is 288 g/mol. The van der Waals surface area contributed by atoms with E-state index in [1.54, 1.807) is 0 Å². The second-order valence-corrected chi connectivity index (χ2v) is 4.30. The Bertz CT molecular complexity index is 362. The summed E-state index contributed by atoms with van der Waals surface area (Å²) in [5, 5.41) is 48.9. The molecule has 0 aliphatic heterocycles. The predicted molar refractivity (Wildman–Crippen MR) is 68.8 cm³/mol. The van der Waals surface area contributed by atoms with E-state index in [0.717, 1.165) is 0 Å². The molecule has 0 rings (SSSR count). The van der Waals surface area contributed by atoms with Gasteiger partial charge in [-0.2, -0.15) is 0 Å². The number of carboxylic acids is 3. The maximum atomic E-state index is 11.0. The molecule has 0 heterocycles. The molecule has 0 aliphatic carbocycles. The lowest BCUT2D eigenvalue weighted by Crippen LogP contribution is -2.44. The fourth-order valence-corrected chi connectivity index (χ4v) is 1.46. The molecule has 0 aliphatic rings. The summed E-state index contributed by atoms with van der Waals surface area (Å²) in [7, 11) is 0. The first-order chi connectivity index (χ1) is 9.79. The highest BCUT2D eigenvalue weighted by Crippen LogP contribution is 1.96. The number of carbonyl (C=O) groups is 3. The minimum Gasteiger partial charge on any atom is -0.480 e. The first kappa shape index (κ1) is 19.2. The molecule has 0 amide bonds. The van der Waals surface area contributed by atoms with E-state index in [1.165, 1.54) is 0 Å². The summed E-state index contributed by atoms with van der Waals surface area (Å²) >= 11 is 0. The largest absolute Gasteiger partial charge is 0.480 e. The van der Waals surface area contributed by atoms with Gasteiger partial charge in [-0.3, -0.25) is 9.59 Å². The van der Waals surface area contributed by atoms with Gasteiger partial charge in [-0.1, -0.05) is 0 Å². The van der Waals surface area contributed by atoms with E-state index >= 15 is 0 Å². The first-order valence-electron chi connectivity index (χ1n) is 6.23. The van der Waals surface area contributed by atoms with Crippen LogP contribution in [-0.2, 0) is 14.4 Å². The maximum absolute atomic E-state index is 11.0. The van der Waals surface area contributed by atoms with Crippen LogP contribution >= 0.6 is 0 Å². The summed E-state index contributed by atoms with van der Waals surface area (Å²) in [6.07, 6.45) is -1.70. The summed E-state index contributed by atoms with van der Waals surface area (Å²) in [5.41, 5.74) is 0. The predicted octanol–water partition coefficient (Wildman–Crippen LogP) is -2.71. The van der Waals surface area contributed by atoms with Crippen LogP contribution < -0.4 is 10.6 Å². The number of hydrogen-bond acceptors (Lipinski definition) is 7. The van der Waals surface area contributed by atoms with E-state index in [1.807, 2.05) is 0 Å². The fraction of sp³-hybridized carbons (Fsp3) is 0.727. The van der Waals surface area contributed by atoms with Crippen molar-refractivity contribution in [3.8, 4) is 0 Å². The molecule has 10 nitrogen and oxygen atoms in total. The number of aliphatic hydroxyl groups is 2. The van der Waals surface area contributed by atoms with E-state index < -0.39 is 42.7 Å². The number of aliphatic carboxylic acids is 3. The van der Waals surface area contributed by atoms with Crippen LogP contribution in [0.5, 0.6) is 0 Å². The van der Waals surface area contributed by atoms with Crippen molar-refractivity contribution in [2.24, 2.45) is 0 Å². The topological polar surface area (TPSA) is 176 Å². The Kier molecular flexibility index (Phi) is 9.21. The molecule has 0 aromatic carbocycles.